The van der Waals surface area contributed by atoms with Crippen molar-refractivity contribution in [3.8, 4) is 0 Å². The van der Waals surface area contributed by atoms with Crippen molar-refractivity contribution in [3.63, 3.8) is 0 Å². The molecule has 0 amide bonds. The van der Waals surface area contributed by atoms with Gasteiger partial charge in [-0.05, 0) is 12.8 Å². The van der Waals surface area contributed by atoms with Crippen molar-refractivity contribution in [2.24, 2.45) is 0 Å². The second-order valence-corrected chi connectivity index (χ2v) is 16.6. The predicted molar refractivity (Wildman–Crippen MR) is 207 cm³/mol. The molecule has 0 spiro atoms. The van der Waals surface area contributed by atoms with Gasteiger partial charge in [0.1, 0.15) is 42.7 Å². The number of carbonyl (C=O) groups excluding carboxylic acids is 1. The van der Waals surface area contributed by atoms with Crippen LogP contribution in [0.5, 0.6) is 0 Å². The lowest BCUT2D eigenvalue weighted by atomic mass is 9.85. The van der Waals surface area contributed by atoms with Crippen LogP contribution < -0.4 is 0 Å². The molecule has 1 aliphatic rings. The Morgan fingerprint density at radius 1 is 0.528 bits per heavy atom. The Bertz CT molecular complexity index is 895. The van der Waals surface area contributed by atoms with Crippen LogP contribution in [-0.2, 0) is 27.9 Å². The summed E-state index contributed by atoms with van der Waals surface area (Å²) in [6, 6.07) is 0. The van der Waals surface area contributed by atoms with Crippen LogP contribution in [0.2, 0.25) is 0 Å². The lowest BCUT2D eigenvalue weighted by Gasteiger charge is -2.41. The number of hydrogen-bond acceptors (Lipinski definition) is 11. The fraction of sp³-hybridized carbons (Fsp3) is 0.975. The van der Waals surface area contributed by atoms with Gasteiger partial charge in [0.2, 0.25) is 0 Å². The van der Waals surface area contributed by atoms with Gasteiger partial charge in [-0.2, -0.15) is 0 Å². The molecule has 6 N–H and O–H groups in total. The summed E-state index contributed by atoms with van der Waals surface area (Å²) in [5, 5.41) is 50.0. The summed E-state index contributed by atoms with van der Waals surface area (Å²) in [6.07, 6.45) is 19.2. The number of ether oxygens (including phenoxy) is 2. The topological polar surface area (TPSA) is 192 Å². The third-order valence-corrected chi connectivity index (χ3v) is 11.2. The first-order valence-electron chi connectivity index (χ1n) is 21.4. The molecule has 53 heavy (non-hydrogen) atoms. The number of esters is 1. The highest BCUT2D eigenvalue weighted by molar-refractivity contribution is 7.47. The Hall–Kier alpha value is -0.660. The van der Waals surface area contributed by atoms with Gasteiger partial charge >= 0.3 is 13.8 Å². The van der Waals surface area contributed by atoms with Crippen LogP contribution in [0.1, 0.15) is 187 Å². The SMILES string of the molecule is CCCCCCCCCCCCCCCCCCCCOC[C@H](COP(=O)(O)OC1C(O)C(O)C(O)[C@@H](O)C1O)OC(=O)CCCCCCCCCC. The van der Waals surface area contributed by atoms with Crippen LogP contribution in [0.4, 0.5) is 0 Å². The summed E-state index contributed by atoms with van der Waals surface area (Å²) >= 11 is 0. The standard InChI is InChI=1S/C40H79O12P/c1-3-5-7-9-11-13-14-15-16-17-18-19-20-21-22-24-26-28-30-49-31-33(51-34(41)29-27-25-23-12-10-8-6-4-2)32-50-53(47,48)52-40-38(45)36(43)35(42)37(44)39(40)46/h33,35-40,42-46H,3-32H2,1-2H3,(H,47,48)/t33-,35?,36-,37?,38?,39?,40?/m1/s1. The number of hydrogen-bond donors (Lipinski definition) is 6. The Balaban J connectivity index is 2.35. The molecule has 13 heteroatoms. The zero-order valence-electron chi connectivity index (χ0n) is 33.3. The van der Waals surface area contributed by atoms with Crippen molar-refractivity contribution >= 4 is 13.8 Å². The highest BCUT2D eigenvalue weighted by Gasteiger charge is 2.51. The zero-order chi connectivity index (χ0) is 39.2. The monoisotopic (exact) mass is 783 g/mol. The molecule has 0 saturated heterocycles. The lowest BCUT2D eigenvalue weighted by molar-refractivity contribution is -0.220. The lowest BCUT2D eigenvalue weighted by Crippen LogP contribution is -2.64. The van der Waals surface area contributed by atoms with Gasteiger partial charge in [0.15, 0.2) is 0 Å². The number of aliphatic hydroxyl groups is 5. The molecule has 0 aliphatic heterocycles. The first-order valence-corrected chi connectivity index (χ1v) is 22.9. The van der Waals surface area contributed by atoms with Crippen LogP contribution >= 0.6 is 7.82 Å². The maximum atomic E-state index is 12.7. The molecule has 0 aromatic heterocycles. The number of phosphoric acid groups is 1. The number of unbranched alkanes of at least 4 members (excludes halogenated alkanes) is 24. The van der Waals surface area contributed by atoms with Crippen LogP contribution in [0.3, 0.4) is 0 Å². The van der Waals surface area contributed by atoms with E-state index in [1.807, 2.05) is 0 Å². The number of phosphoric ester groups is 1. The average molecular weight is 783 g/mol. The number of aliphatic hydroxyl groups excluding tert-OH is 5. The van der Waals surface area contributed by atoms with E-state index in [1.54, 1.807) is 0 Å². The molecule has 0 aromatic carbocycles. The molecule has 1 rings (SSSR count). The smallest absolute Gasteiger partial charge is 0.457 e. The van der Waals surface area contributed by atoms with Gasteiger partial charge < -0.3 is 39.9 Å². The highest BCUT2D eigenvalue weighted by atomic mass is 31.2. The number of rotatable bonds is 36. The second-order valence-electron chi connectivity index (χ2n) is 15.2. The molecule has 12 nitrogen and oxygen atoms in total. The molecule has 0 aromatic rings. The average Bonchev–Trinajstić information content (AvgIpc) is 3.14. The third kappa shape index (κ3) is 25.3. The summed E-state index contributed by atoms with van der Waals surface area (Å²) in [5.41, 5.74) is 0. The van der Waals surface area contributed by atoms with E-state index in [4.69, 9.17) is 18.5 Å². The van der Waals surface area contributed by atoms with Gasteiger partial charge in [-0.3, -0.25) is 13.8 Å². The Labute approximate surface area is 321 Å². The fourth-order valence-electron chi connectivity index (χ4n) is 6.77. The van der Waals surface area contributed by atoms with E-state index >= 15 is 0 Å². The summed E-state index contributed by atoms with van der Waals surface area (Å²) in [4.78, 5) is 22.9. The molecular formula is C40H79O12P. The Morgan fingerprint density at radius 2 is 0.887 bits per heavy atom. The minimum Gasteiger partial charge on any atom is -0.457 e. The molecule has 1 saturated carbocycles. The van der Waals surface area contributed by atoms with E-state index in [0.717, 1.165) is 38.5 Å². The van der Waals surface area contributed by atoms with E-state index < -0.39 is 63.1 Å². The van der Waals surface area contributed by atoms with Crippen molar-refractivity contribution in [2.75, 3.05) is 19.8 Å². The quantitative estimate of drug-likeness (QED) is 0.0206. The first kappa shape index (κ1) is 50.4. The van der Waals surface area contributed by atoms with Gasteiger partial charge in [-0.15, -0.1) is 0 Å². The molecule has 8 atom stereocenters. The van der Waals surface area contributed by atoms with Crippen LogP contribution in [-0.4, -0.2) is 98.9 Å². The summed E-state index contributed by atoms with van der Waals surface area (Å²) in [6.45, 7) is 4.23. The molecule has 316 valence electrons. The van der Waals surface area contributed by atoms with Gasteiger partial charge in [-0.1, -0.05) is 168 Å². The van der Waals surface area contributed by atoms with E-state index in [1.165, 1.54) is 122 Å². The maximum Gasteiger partial charge on any atom is 0.472 e. The maximum absolute atomic E-state index is 12.7. The first-order chi connectivity index (χ1) is 25.5. The molecule has 0 bridgehead atoms. The Morgan fingerprint density at radius 3 is 1.30 bits per heavy atom. The minimum absolute atomic E-state index is 0.0690. The van der Waals surface area contributed by atoms with Crippen LogP contribution in [0.25, 0.3) is 0 Å². The molecule has 1 fully saturated rings. The van der Waals surface area contributed by atoms with E-state index in [9.17, 15) is 39.8 Å². The van der Waals surface area contributed by atoms with Gasteiger partial charge in [0.05, 0.1) is 13.2 Å². The van der Waals surface area contributed by atoms with Crippen molar-refractivity contribution in [1.82, 2.24) is 0 Å². The molecule has 6 unspecified atom stereocenters. The summed E-state index contributed by atoms with van der Waals surface area (Å²) < 4.78 is 34.0. The molecule has 1 aliphatic carbocycles. The second kappa shape index (κ2) is 32.4. The summed E-state index contributed by atoms with van der Waals surface area (Å²) in [7, 11) is -5.00. The number of carbonyl (C=O) groups is 1. The normalized spacial score (nSPS) is 23.5. The van der Waals surface area contributed by atoms with Crippen molar-refractivity contribution in [2.45, 2.75) is 230 Å². The predicted octanol–water partition coefficient (Wildman–Crippen LogP) is 7.81. The fourth-order valence-corrected chi connectivity index (χ4v) is 7.74. The molecule has 0 heterocycles. The summed E-state index contributed by atoms with van der Waals surface area (Å²) in [5.74, 6) is -0.478. The molecule has 0 radical (unpaired) electrons. The minimum atomic E-state index is -5.00. The van der Waals surface area contributed by atoms with Crippen LogP contribution in [0.15, 0.2) is 0 Å². The van der Waals surface area contributed by atoms with Crippen molar-refractivity contribution in [1.29, 1.82) is 0 Å². The zero-order valence-corrected chi connectivity index (χ0v) is 34.2. The van der Waals surface area contributed by atoms with E-state index in [2.05, 4.69) is 13.8 Å². The molecular weight excluding hydrogens is 703 g/mol. The van der Waals surface area contributed by atoms with Crippen molar-refractivity contribution in [3.05, 3.63) is 0 Å². The highest BCUT2D eigenvalue weighted by Crippen LogP contribution is 2.47. The van der Waals surface area contributed by atoms with Crippen molar-refractivity contribution < 1.29 is 58.3 Å². The van der Waals surface area contributed by atoms with Crippen LogP contribution in [0, 0.1) is 0 Å². The van der Waals surface area contributed by atoms with Gasteiger partial charge in [-0.25, -0.2) is 4.57 Å². The largest absolute Gasteiger partial charge is 0.472 e. The third-order valence-electron chi connectivity index (χ3n) is 10.2. The van der Waals surface area contributed by atoms with E-state index in [-0.39, 0.29) is 13.0 Å². The Kier molecular flexibility index (Phi) is 30.8. The van der Waals surface area contributed by atoms with E-state index in [0.29, 0.717) is 13.0 Å². The van der Waals surface area contributed by atoms with Gasteiger partial charge in [0.25, 0.3) is 0 Å². The van der Waals surface area contributed by atoms with Gasteiger partial charge in [0, 0.05) is 13.0 Å².